The lowest BCUT2D eigenvalue weighted by Gasteiger charge is -2.14. The Bertz CT molecular complexity index is 546. The highest BCUT2D eigenvalue weighted by Gasteiger charge is 2.18. The molecule has 0 aliphatic heterocycles. The lowest BCUT2D eigenvalue weighted by molar-refractivity contribution is 0.215. The molecule has 2 aromatic rings. The van der Waals surface area contributed by atoms with Crippen LogP contribution in [-0.2, 0) is 0 Å². The van der Waals surface area contributed by atoms with E-state index in [0.29, 0.717) is 17.0 Å². The van der Waals surface area contributed by atoms with Crippen LogP contribution >= 0.6 is 23.2 Å². The van der Waals surface area contributed by atoms with Gasteiger partial charge in [0.2, 0.25) is 0 Å². The van der Waals surface area contributed by atoms with Gasteiger partial charge in [-0.15, -0.1) is 0 Å². The highest BCUT2D eigenvalue weighted by molar-refractivity contribution is 6.43. The Kier molecular flexibility index (Phi) is 4.07. The molecule has 1 N–H and O–H groups in total. The Balaban J connectivity index is 2.43. The third kappa shape index (κ3) is 2.43. The Morgan fingerprint density at radius 1 is 1.17 bits per heavy atom. The van der Waals surface area contributed by atoms with Crippen molar-refractivity contribution < 1.29 is 9.84 Å². The summed E-state index contributed by atoms with van der Waals surface area (Å²) >= 11 is 12.2. The van der Waals surface area contributed by atoms with Crippen molar-refractivity contribution in [1.82, 2.24) is 4.98 Å². The Labute approximate surface area is 115 Å². The molecule has 94 valence electrons. The molecule has 0 radical (unpaired) electrons. The number of benzene rings is 1. The molecule has 2 rings (SSSR count). The van der Waals surface area contributed by atoms with Gasteiger partial charge >= 0.3 is 0 Å². The number of ether oxygens (including phenoxy) is 1. The van der Waals surface area contributed by atoms with E-state index >= 15 is 0 Å². The van der Waals surface area contributed by atoms with Gasteiger partial charge in [-0.1, -0.05) is 35.3 Å². The van der Waals surface area contributed by atoms with Crippen LogP contribution in [0.1, 0.15) is 17.4 Å². The van der Waals surface area contributed by atoms with Crippen LogP contribution in [0.25, 0.3) is 0 Å². The van der Waals surface area contributed by atoms with Crippen molar-refractivity contribution in [3.8, 4) is 5.75 Å². The standard InChI is InChI=1S/C13H11Cl2NO2/c1-18-10-6-5-8(11(14)12(10)15)13(17)9-4-2-3-7-16-9/h2-7,13,17H,1H3/t13-/m0/s1. The fourth-order valence-electron chi connectivity index (χ4n) is 1.61. The minimum Gasteiger partial charge on any atom is -0.495 e. The van der Waals surface area contributed by atoms with Gasteiger partial charge in [0.1, 0.15) is 16.9 Å². The molecule has 0 amide bonds. The van der Waals surface area contributed by atoms with E-state index in [4.69, 9.17) is 27.9 Å². The molecular weight excluding hydrogens is 273 g/mol. The van der Waals surface area contributed by atoms with Gasteiger partial charge in [-0.25, -0.2) is 0 Å². The van der Waals surface area contributed by atoms with Crippen molar-refractivity contribution in [2.24, 2.45) is 0 Å². The van der Waals surface area contributed by atoms with Crippen LogP contribution in [0.5, 0.6) is 5.75 Å². The maximum absolute atomic E-state index is 10.2. The molecule has 0 saturated heterocycles. The molecule has 0 unspecified atom stereocenters. The normalized spacial score (nSPS) is 12.2. The highest BCUT2D eigenvalue weighted by atomic mass is 35.5. The number of hydrogen-bond acceptors (Lipinski definition) is 3. The molecule has 1 aromatic carbocycles. The summed E-state index contributed by atoms with van der Waals surface area (Å²) < 4.78 is 5.05. The van der Waals surface area contributed by atoms with Crippen molar-refractivity contribution in [1.29, 1.82) is 0 Å². The summed E-state index contributed by atoms with van der Waals surface area (Å²) in [4.78, 5) is 4.09. The van der Waals surface area contributed by atoms with E-state index in [1.807, 2.05) is 0 Å². The van der Waals surface area contributed by atoms with Crippen molar-refractivity contribution >= 4 is 23.2 Å². The number of methoxy groups -OCH3 is 1. The van der Waals surface area contributed by atoms with Crippen molar-refractivity contribution in [3.63, 3.8) is 0 Å². The number of nitrogens with zero attached hydrogens (tertiary/aromatic N) is 1. The second kappa shape index (κ2) is 5.57. The molecule has 0 fully saturated rings. The maximum atomic E-state index is 10.2. The lowest BCUT2D eigenvalue weighted by atomic mass is 10.1. The van der Waals surface area contributed by atoms with Gasteiger partial charge in [0.25, 0.3) is 0 Å². The molecule has 0 bridgehead atoms. The number of aromatic nitrogens is 1. The van der Waals surface area contributed by atoms with Crippen molar-refractivity contribution in [2.45, 2.75) is 6.10 Å². The van der Waals surface area contributed by atoms with Crippen LogP contribution in [0.2, 0.25) is 10.0 Å². The molecule has 3 nitrogen and oxygen atoms in total. The van der Waals surface area contributed by atoms with Gasteiger partial charge in [0.05, 0.1) is 17.8 Å². The van der Waals surface area contributed by atoms with Gasteiger partial charge in [-0.05, 0) is 18.2 Å². The van der Waals surface area contributed by atoms with Crippen molar-refractivity contribution in [3.05, 3.63) is 57.8 Å². The predicted molar refractivity (Wildman–Crippen MR) is 71.3 cm³/mol. The minimum atomic E-state index is -0.915. The zero-order chi connectivity index (χ0) is 13.1. The van der Waals surface area contributed by atoms with E-state index in [0.717, 1.165) is 0 Å². The first-order valence-electron chi connectivity index (χ1n) is 5.26. The highest BCUT2D eigenvalue weighted by Crippen LogP contribution is 2.38. The second-order valence-corrected chi connectivity index (χ2v) is 4.40. The summed E-state index contributed by atoms with van der Waals surface area (Å²) in [5, 5.41) is 10.8. The summed E-state index contributed by atoms with van der Waals surface area (Å²) in [7, 11) is 1.51. The Morgan fingerprint density at radius 3 is 2.56 bits per heavy atom. The number of aliphatic hydroxyl groups excluding tert-OH is 1. The van der Waals surface area contributed by atoms with Gasteiger partial charge in [0, 0.05) is 11.8 Å². The lowest BCUT2D eigenvalue weighted by Crippen LogP contribution is -2.03. The van der Waals surface area contributed by atoms with E-state index < -0.39 is 6.10 Å². The molecule has 0 aliphatic carbocycles. The largest absolute Gasteiger partial charge is 0.495 e. The predicted octanol–water partition coefficient (Wildman–Crippen LogP) is 3.48. The van der Waals surface area contributed by atoms with E-state index in [-0.39, 0.29) is 10.0 Å². The average molecular weight is 284 g/mol. The summed E-state index contributed by atoms with van der Waals surface area (Å²) in [5.74, 6) is 0.471. The molecule has 0 spiro atoms. The first-order chi connectivity index (χ1) is 8.65. The fraction of sp³-hybridized carbons (Fsp3) is 0.154. The van der Waals surface area contributed by atoms with Crippen LogP contribution in [0.15, 0.2) is 36.5 Å². The summed E-state index contributed by atoms with van der Waals surface area (Å²) in [5.41, 5.74) is 1.02. The molecule has 0 saturated carbocycles. The number of halogens is 2. The fourth-order valence-corrected chi connectivity index (χ4v) is 2.12. The topological polar surface area (TPSA) is 42.4 Å². The summed E-state index contributed by atoms with van der Waals surface area (Å²) in [6, 6.07) is 8.63. The van der Waals surface area contributed by atoms with E-state index in [2.05, 4.69) is 4.98 Å². The third-order valence-electron chi connectivity index (χ3n) is 2.56. The van der Waals surface area contributed by atoms with E-state index in [1.54, 1.807) is 36.5 Å². The SMILES string of the molecule is COc1ccc([C@H](O)c2ccccn2)c(Cl)c1Cl. The Hall–Kier alpha value is -1.29. The van der Waals surface area contributed by atoms with Gasteiger partial charge < -0.3 is 9.84 Å². The molecule has 1 atom stereocenters. The zero-order valence-electron chi connectivity index (χ0n) is 9.60. The number of rotatable bonds is 3. The minimum absolute atomic E-state index is 0.272. The first-order valence-corrected chi connectivity index (χ1v) is 6.01. The van der Waals surface area contributed by atoms with Crippen LogP contribution in [0.3, 0.4) is 0 Å². The zero-order valence-corrected chi connectivity index (χ0v) is 11.1. The molecule has 5 heteroatoms. The van der Waals surface area contributed by atoms with Crippen LogP contribution in [-0.4, -0.2) is 17.2 Å². The summed E-state index contributed by atoms with van der Waals surface area (Å²) in [6.07, 6.45) is 0.694. The smallest absolute Gasteiger partial charge is 0.139 e. The van der Waals surface area contributed by atoms with Gasteiger partial charge in [-0.2, -0.15) is 0 Å². The number of aliphatic hydroxyl groups is 1. The van der Waals surface area contributed by atoms with Crippen molar-refractivity contribution in [2.75, 3.05) is 7.11 Å². The quantitative estimate of drug-likeness (QED) is 0.938. The first kappa shape index (κ1) is 13.1. The van der Waals surface area contributed by atoms with Crippen LogP contribution in [0.4, 0.5) is 0 Å². The maximum Gasteiger partial charge on any atom is 0.139 e. The monoisotopic (exact) mass is 283 g/mol. The van der Waals surface area contributed by atoms with Gasteiger partial charge in [-0.3, -0.25) is 4.98 Å². The van der Waals surface area contributed by atoms with Crippen LogP contribution < -0.4 is 4.74 Å². The molecule has 1 heterocycles. The molecular formula is C13H11Cl2NO2. The molecule has 18 heavy (non-hydrogen) atoms. The summed E-state index contributed by atoms with van der Waals surface area (Å²) in [6.45, 7) is 0. The van der Waals surface area contributed by atoms with Crippen LogP contribution in [0, 0.1) is 0 Å². The average Bonchev–Trinajstić information content (AvgIpc) is 2.42. The Morgan fingerprint density at radius 2 is 1.94 bits per heavy atom. The van der Waals surface area contributed by atoms with Gasteiger partial charge in [0.15, 0.2) is 0 Å². The van der Waals surface area contributed by atoms with E-state index in [9.17, 15) is 5.11 Å². The number of pyridine rings is 1. The molecule has 0 aliphatic rings. The second-order valence-electron chi connectivity index (χ2n) is 3.64. The van der Waals surface area contributed by atoms with E-state index in [1.165, 1.54) is 7.11 Å². The third-order valence-corrected chi connectivity index (χ3v) is 3.44. The number of hydrogen-bond donors (Lipinski definition) is 1. The molecule has 1 aromatic heterocycles.